The van der Waals surface area contributed by atoms with E-state index in [9.17, 15) is 18.0 Å². The standard InChI is InChI=1S/C10H14N2O5S2/c11-19(16,17)9-5-7(6-18-9)10(15)12-4-2-1-3-8(13)14/h5-6H,1-4H2,(H,12,15)(H,13,14)(H2,11,16,17). The van der Waals surface area contributed by atoms with Gasteiger partial charge in [-0.3, -0.25) is 9.59 Å². The number of sulfonamides is 1. The van der Waals surface area contributed by atoms with Crippen molar-refractivity contribution in [2.24, 2.45) is 5.14 Å². The van der Waals surface area contributed by atoms with Crippen LogP contribution < -0.4 is 10.5 Å². The van der Waals surface area contributed by atoms with Crippen molar-refractivity contribution in [1.82, 2.24) is 5.32 Å². The number of nitrogens with two attached hydrogens (primary N) is 1. The fourth-order valence-corrected chi connectivity index (χ4v) is 2.88. The normalized spacial score (nSPS) is 11.2. The molecule has 19 heavy (non-hydrogen) atoms. The van der Waals surface area contributed by atoms with Crippen molar-refractivity contribution < 1.29 is 23.1 Å². The van der Waals surface area contributed by atoms with E-state index >= 15 is 0 Å². The maximum Gasteiger partial charge on any atom is 0.303 e. The molecule has 7 nitrogen and oxygen atoms in total. The highest BCUT2D eigenvalue weighted by Gasteiger charge is 2.14. The fraction of sp³-hybridized carbons (Fsp3) is 0.400. The molecule has 0 bridgehead atoms. The van der Waals surface area contributed by atoms with Crippen LogP contribution in [0.3, 0.4) is 0 Å². The van der Waals surface area contributed by atoms with Gasteiger partial charge in [0, 0.05) is 18.3 Å². The van der Waals surface area contributed by atoms with Gasteiger partial charge in [0.15, 0.2) is 0 Å². The summed E-state index contributed by atoms with van der Waals surface area (Å²) in [7, 11) is -3.78. The third kappa shape index (κ3) is 5.37. The van der Waals surface area contributed by atoms with E-state index in [1.54, 1.807) is 0 Å². The van der Waals surface area contributed by atoms with Crippen LogP contribution >= 0.6 is 11.3 Å². The molecular formula is C10H14N2O5S2. The highest BCUT2D eigenvalue weighted by atomic mass is 32.2. The zero-order chi connectivity index (χ0) is 14.5. The van der Waals surface area contributed by atoms with Gasteiger partial charge in [-0.2, -0.15) is 0 Å². The molecule has 0 atom stereocenters. The third-order valence-electron chi connectivity index (χ3n) is 2.22. The van der Waals surface area contributed by atoms with Crippen LogP contribution in [0.15, 0.2) is 15.7 Å². The second-order valence-corrected chi connectivity index (χ2v) is 6.51. The van der Waals surface area contributed by atoms with Crippen molar-refractivity contribution >= 4 is 33.2 Å². The molecule has 1 rings (SSSR count). The number of unbranched alkanes of at least 4 members (excludes halogenated alkanes) is 1. The van der Waals surface area contributed by atoms with Crippen molar-refractivity contribution in [1.29, 1.82) is 0 Å². The van der Waals surface area contributed by atoms with Gasteiger partial charge < -0.3 is 10.4 Å². The molecule has 1 heterocycles. The van der Waals surface area contributed by atoms with E-state index in [4.69, 9.17) is 10.2 Å². The number of carbonyl (C=O) groups is 2. The molecule has 0 radical (unpaired) electrons. The number of carboxylic acids is 1. The van der Waals surface area contributed by atoms with Gasteiger partial charge in [-0.25, -0.2) is 13.6 Å². The number of aliphatic carboxylic acids is 1. The molecule has 1 aromatic heterocycles. The summed E-state index contributed by atoms with van der Waals surface area (Å²) in [6.45, 7) is 0.340. The Morgan fingerprint density at radius 2 is 2.05 bits per heavy atom. The minimum atomic E-state index is -3.78. The van der Waals surface area contributed by atoms with Gasteiger partial charge in [0.25, 0.3) is 5.91 Å². The summed E-state index contributed by atoms with van der Waals surface area (Å²) in [5.74, 6) is -1.27. The van der Waals surface area contributed by atoms with E-state index in [1.165, 1.54) is 11.4 Å². The molecule has 106 valence electrons. The Balaban J connectivity index is 2.42. The van der Waals surface area contributed by atoms with Crippen molar-refractivity contribution in [2.75, 3.05) is 6.54 Å². The first-order valence-electron chi connectivity index (χ1n) is 5.42. The minimum Gasteiger partial charge on any atom is -0.481 e. The summed E-state index contributed by atoms with van der Waals surface area (Å²) in [6.07, 6.45) is 1.08. The molecule has 1 amide bonds. The average molecular weight is 306 g/mol. The number of thiophene rings is 1. The fourth-order valence-electron chi connectivity index (χ4n) is 1.29. The van der Waals surface area contributed by atoms with Crippen LogP contribution in [-0.4, -0.2) is 31.9 Å². The van der Waals surface area contributed by atoms with Crippen molar-refractivity contribution in [3.05, 3.63) is 17.0 Å². The number of carbonyl (C=O) groups excluding carboxylic acids is 1. The molecule has 0 fully saturated rings. The molecule has 0 aliphatic heterocycles. The lowest BCUT2D eigenvalue weighted by Crippen LogP contribution is -2.24. The molecule has 0 aliphatic carbocycles. The molecule has 0 aliphatic rings. The average Bonchev–Trinajstić information content (AvgIpc) is 2.76. The molecule has 0 saturated heterocycles. The van der Waals surface area contributed by atoms with E-state index in [2.05, 4.69) is 5.32 Å². The highest BCUT2D eigenvalue weighted by Crippen LogP contribution is 2.18. The lowest BCUT2D eigenvalue weighted by molar-refractivity contribution is -0.137. The first-order valence-corrected chi connectivity index (χ1v) is 7.84. The number of nitrogens with one attached hydrogen (secondary N) is 1. The first-order chi connectivity index (χ1) is 8.80. The lowest BCUT2D eigenvalue weighted by atomic mass is 10.2. The molecule has 4 N–H and O–H groups in total. The smallest absolute Gasteiger partial charge is 0.303 e. The van der Waals surface area contributed by atoms with Crippen molar-refractivity contribution in [2.45, 2.75) is 23.5 Å². The van der Waals surface area contributed by atoms with Crippen LogP contribution in [0.4, 0.5) is 0 Å². The second-order valence-electron chi connectivity index (χ2n) is 3.81. The van der Waals surface area contributed by atoms with Crippen LogP contribution in [0, 0.1) is 0 Å². The van der Waals surface area contributed by atoms with Gasteiger partial charge in [0.05, 0.1) is 5.56 Å². The van der Waals surface area contributed by atoms with Gasteiger partial charge in [0.1, 0.15) is 4.21 Å². The summed E-state index contributed by atoms with van der Waals surface area (Å²) >= 11 is 0.881. The summed E-state index contributed by atoms with van der Waals surface area (Å²) in [4.78, 5) is 21.9. The maximum atomic E-state index is 11.6. The SMILES string of the molecule is NS(=O)(=O)c1cc(C(=O)NCCCCC(=O)O)cs1. The number of primary sulfonamides is 1. The number of hydrogen-bond acceptors (Lipinski definition) is 5. The van der Waals surface area contributed by atoms with Crippen LogP contribution in [0.25, 0.3) is 0 Å². The number of carboxylic acid groups (broad SMARTS) is 1. The Hall–Kier alpha value is -1.45. The number of hydrogen-bond donors (Lipinski definition) is 3. The Morgan fingerprint density at radius 3 is 2.58 bits per heavy atom. The Bertz CT molecular complexity index is 564. The molecule has 0 unspecified atom stereocenters. The largest absolute Gasteiger partial charge is 0.481 e. The summed E-state index contributed by atoms with van der Waals surface area (Å²) in [5, 5.41) is 17.3. The molecule has 1 aromatic rings. The Labute approximate surface area is 114 Å². The number of rotatable bonds is 7. The zero-order valence-corrected chi connectivity index (χ0v) is 11.6. The van der Waals surface area contributed by atoms with E-state index in [-0.39, 0.29) is 16.2 Å². The Morgan fingerprint density at radius 1 is 1.37 bits per heavy atom. The van der Waals surface area contributed by atoms with Crippen molar-refractivity contribution in [3.63, 3.8) is 0 Å². The molecule has 9 heteroatoms. The highest BCUT2D eigenvalue weighted by molar-refractivity contribution is 7.91. The van der Waals surface area contributed by atoms with E-state index in [1.807, 2.05) is 0 Å². The van der Waals surface area contributed by atoms with E-state index in [0.717, 1.165) is 11.3 Å². The van der Waals surface area contributed by atoms with Crippen LogP contribution in [0.1, 0.15) is 29.6 Å². The molecule has 0 aromatic carbocycles. The van der Waals surface area contributed by atoms with Crippen LogP contribution in [0.2, 0.25) is 0 Å². The predicted octanol–water partition coefficient (Wildman–Crippen LogP) is 0.380. The van der Waals surface area contributed by atoms with E-state index in [0.29, 0.717) is 19.4 Å². The van der Waals surface area contributed by atoms with E-state index < -0.39 is 21.9 Å². The van der Waals surface area contributed by atoms with Gasteiger partial charge in [-0.05, 0) is 18.9 Å². The summed E-state index contributed by atoms with van der Waals surface area (Å²) in [5.41, 5.74) is 0.229. The zero-order valence-electron chi connectivity index (χ0n) is 9.96. The maximum absolute atomic E-state index is 11.6. The topological polar surface area (TPSA) is 127 Å². The van der Waals surface area contributed by atoms with Gasteiger partial charge >= 0.3 is 5.97 Å². The van der Waals surface area contributed by atoms with Crippen molar-refractivity contribution in [3.8, 4) is 0 Å². The monoisotopic (exact) mass is 306 g/mol. The quantitative estimate of drug-likeness (QED) is 0.628. The minimum absolute atomic E-state index is 0.0594. The van der Waals surface area contributed by atoms with Gasteiger partial charge in [-0.15, -0.1) is 11.3 Å². The third-order valence-corrected chi connectivity index (χ3v) is 4.61. The lowest BCUT2D eigenvalue weighted by Gasteiger charge is -2.02. The summed E-state index contributed by atoms with van der Waals surface area (Å²) in [6, 6.07) is 1.21. The summed E-state index contributed by atoms with van der Waals surface area (Å²) < 4.78 is 22.0. The van der Waals surface area contributed by atoms with Gasteiger partial charge in [-0.1, -0.05) is 0 Å². The van der Waals surface area contributed by atoms with Gasteiger partial charge in [0.2, 0.25) is 10.0 Å². The number of amides is 1. The first kappa shape index (κ1) is 15.6. The second kappa shape index (κ2) is 6.64. The molecule has 0 spiro atoms. The molecule has 0 saturated carbocycles. The predicted molar refractivity (Wildman–Crippen MR) is 69.5 cm³/mol. The molecular weight excluding hydrogens is 292 g/mol. The Kier molecular flexibility index (Phi) is 5.45. The van der Waals surface area contributed by atoms with Crippen LogP contribution in [-0.2, 0) is 14.8 Å². The van der Waals surface area contributed by atoms with Crippen LogP contribution in [0.5, 0.6) is 0 Å².